The van der Waals surface area contributed by atoms with E-state index in [1.807, 2.05) is 43.3 Å². The smallest absolute Gasteiger partial charge is 0.254 e. The second-order valence-corrected chi connectivity index (χ2v) is 4.55. The molecule has 2 aromatic carbocycles. The maximum absolute atomic E-state index is 12.3. The summed E-state index contributed by atoms with van der Waals surface area (Å²) < 4.78 is 5.72. The number of hydrogen-bond acceptors (Lipinski definition) is 3. The first-order valence-corrected chi connectivity index (χ1v) is 6.97. The van der Waals surface area contributed by atoms with Gasteiger partial charge in [-0.1, -0.05) is 24.3 Å². The molecular weight excluding hydrogens is 266 g/mol. The van der Waals surface area contributed by atoms with E-state index in [0.717, 1.165) is 5.75 Å². The van der Waals surface area contributed by atoms with Crippen LogP contribution in [0.2, 0.25) is 0 Å². The number of aliphatic hydroxyl groups excluding tert-OH is 1. The van der Waals surface area contributed by atoms with Crippen LogP contribution in [-0.4, -0.2) is 35.6 Å². The number of amides is 1. The summed E-state index contributed by atoms with van der Waals surface area (Å²) in [7, 11) is 0. The Morgan fingerprint density at radius 2 is 1.81 bits per heavy atom. The Labute approximate surface area is 124 Å². The molecule has 0 saturated carbocycles. The Morgan fingerprint density at radius 3 is 2.48 bits per heavy atom. The van der Waals surface area contributed by atoms with Crippen molar-refractivity contribution in [1.82, 2.24) is 4.90 Å². The number of rotatable bonds is 6. The second kappa shape index (κ2) is 7.45. The van der Waals surface area contributed by atoms with E-state index in [4.69, 9.17) is 9.84 Å². The van der Waals surface area contributed by atoms with Gasteiger partial charge in [0.2, 0.25) is 0 Å². The van der Waals surface area contributed by atoms with Crippen LogP contribution in [-0.2, 0) is 0 Å². The van der Waals surface area contributed by atoms with Crippen molar-refractivity contribution in [3.05, 3.63) is 60.2 Å². The molecule has 4 heteroatoms. The third-order valence-corrected chi connectivity index (χ3v) is 3.10. The van der Waals surface area contributed by atoms with Crippen molar-refractivity contribution in [2.75, 3.05) is 19.7 Å². The van der Waals surface area contributed by atoms with E-state index >= 15 is 0 Å². The summed E-state index contributed by atoms with van der Waals surface area (Å²) in [5.74, 6) is 1.24. The molecule has 0 unspecified atom stereocenters. The van der Waals surface area contributed by atoms with Crippen LogP contribution < -0.4 is 4.74 Å². The van der Waals surface area contributed by atoms with Crippen molar-refractivity contribution in [1.29, 1.82) is 0 Å². The molecule has 2 aromatic rings. The highest BCUT2D eigenvalue weighted by Gasteiger charge is 2.14. The molecule has 0 spiro atoms. The highest BCUT2D eigenvalue weighted by atomic mass is 16.5. The molecule has 0 saturated heterocycles. The molecule has 1 N–H and O–H groups in total. The molecule has 110 valence electrons. The van der Waals surface area contributed by atoms with Crippen LogP contribution in [0, 0.1) is 0 Å². The topological polar surface area (TPSA) is 49.8 Å². The number of carbonyl (C=O) groups is 1. The zero-order chi connectivity index (χ0) is 15.1. The van der Waals surface area contributed by atoms with Gasteiger partial charge >= 0.3 is 0 Å². The lowest BCUT2D eigenvalue weighted by molar-refractivity contribution is 0.0731. The molecule has 0 radical (unpaired) electrons. The number of nitrogens with zero attached hydrogens (tertiary/aromatic N) is 1. The van der Waals surface area contributed by atoms with Gasteiger partial charge < -0.3 is 14.7 Å². The van der Waals surface area contributed by atoms with Gasteiger partial charge in [-0.25, -0.2) is 0 Å². The summed E-state index contributed by atoms with van der Waals surface area (Å²) >= 11 is 0. The van der Waals surface area contributed by atoms with Crippen LogP contribution in [0.5, 0.6) is 11.5 Å². The minimum Gasteiger partial charge on any atom is -0.457 e. The molecule has 0 bridgehead atoms. The molecule has 2 rings (SSSR count). The first-order valence-electron chi connectivity index (χ1n) is 6.97. The lowest BCUT2D eigenvalue weighted by Gasteiger charge is -2.19. The van der Waals surface area contributed by atoms with Crippen LogP contribution >= 0.6 is 0 Å². The first-order chi connectivity index (χ1) is 10.2. The van der Waals surface area contributed by atoms with Crippen LogP contribution in [0.15, 0.2) is 54.6 Å². The molecule has 0 aromatic heterocycles. The van der Waals surface area contributed by atoms with Crippen LogP contribution in [0.4, 0.5) is 0 Å². The average molecular weight is 285 g/mol. The Hall–Kier alpha value is -2.33. The second-order valence-electron chi connectivity index (χ2n) is 4.55. The van der Waals surface area contributed by atoms with Gasteiger partial charge in [0.15, 0.2) is 0 Å². The van der Waals surface area contributed by atoms with Gasteiger partial charge in [-0.05, 0) is 37.3 Å². The molecule has 0 aliphatic heterocycles. The van der Waals surface area contributed by atoms with Crippen molar-refractivity contribution >= 4 is 5.91 Å². The molecule has 0 aliphatic carbocycles. The van der Waals surface area contributed by atoms with Crippen LogP contribution in [0.3, 0.4) is 0 Å². The van der Waals surface area contributed by atoms with Gasteiger partial charge in [-0.15, -0.1) is 0 Å². The first kappa shape index (κ1) is 15.1. The Kier molecular flexibility index (Phi) is 5.35. The number of likely N-dealkylation sites (N-methyl/N-ethyl adjacent to an activating group) is 1. The van der Waals surface area contributed by atoms with Gasteiger partial charge in [0.05, 0.1) is 6.61 Å². The number of para-hydroxylation sites is 1. The van der Waals surface area contributed by atoms with Crippen molar-refractivity contribution in [2.45, 2.75) is 6.92 Å². The third kappa shape index (κ3) is 4.07. The largest absolute Gasteiger partial charge is 0.457 e. The maximum Gasteiger partial charge on any atom is 0.254 e. The fraction of sp³-hybridized carbons (Fsp3) is 0.235. The monoisotopic (exact) mass is 285 g/mol. The average Bonchev–Trinajstić information content (AvgIpc) is 2.53. The summed E-state index contributed by atoms with van der Waals surface area (Å²) in [6.45, 7) is 2.74. The van der Waals surface area contributed by atoms with Crippen LogP contribution in [0.1, 0.15) is 17.3 Å². The van der Waals surface area contributed by atoms with Gasteiger partial charge in [-0.3, -0.25) is 4.79 Å². The highest BCUT2D eigenvalue weighted by Crippen LogP contribution is 2.22. The van der Waals surface area contributed by atoms with E-state index in [0.29, 0.717) is 24.4 Å². The molecule has 21 heavy (non-hydrogen) atoms. The summed E-state index contributed by atoms with van der Waals surface area (Å²) in [5.41, 5.74) is 0.554. The SMILES string of the molecule is CCN(CCO)C(=O)c1cccc(Oc2ccccc2)c1. The molecular formula is C17H19NO3. The van der Waals surface area contributed by atoms with Crippen molar-refractivity contribution in [3.8, 4) is 11.5 Å². The standard InChI is InChI=1S/C17H19NO3/c1-2-18(11-12-19)17(20)14-7-6-10-16(13-14)21-15-8-4-3-5-9-15/h3-10,13,19H,2,11-12H2,1H3. The van der Waals surface area contributed by atoms with Crippen LogP contribution in [0.25, 0.3) is 0 Å². The van der Waals surface area contributed by atoms with Gasteiger partial charge in [0, 0.05) is 18.7 Å². The maximum atomic E-state index is 12.3. The van der Waals surface area contributed by atoms with Crippen molar-refractivity contribution in [2.24, 2.45) is 0 Å². The lowest BCUT2D eigenvalue weighted by atomic mass is 10.2. The zero-order valence-electron chi connectivity index (χ0n) is 12.0. The van der Waals surface area contributed by atoms with E-state index < -0.39 is 0 Å². The molecule has 1 amide bonds. The van der Waals surface area contributed by atoms with E-state index in [1.165, 1.54) is 0 Å². The predicted molar refractivity (Wildman–Crippen MR) is 81.6 cm³/mol. The Balaban J connectivity index is 2.15. The predicted octanol–water partition coefficient (Wildman–Crippen LogP) is 2.93. The number of aliphatic hydroxyl groups is 1. The van der Waals surface area contributed by atoms with E-state index in [1.54, 1.807) is 23.1 Å². The van der Waals surface area contributed by atoms with Gasteiger partial charge in [0.25, 0.3) is 5.91 Å². The fourth-order valence-electron chi connectivity index (χ4n) is 2.02. The highest BCUT2D eigenvalue weighted by molar-refractivity contribution is 5.94. The zero-order valence-corrected chi connectivity index (χ0v) is 12.0. The molecule has 0 heterocycles. The summed E-state index contributed by atoms with van der Waals surface area (Å²) in [5, 5.41) is 8.99. The van der Waals surface area contributed by atoms with Gasteiger partial charge in [0.1, 0.15) is 11.5 Å². The normalized spacial score (nSPS) is 10.2. The molecule has 4 nitrogen and oxygen atoms in total. The number of hydrogen-bond donors (Lipinski definition) is 1. The Bertz CT molecular complexity index is 584. The number of benzene rings is 2. The summed E-state index contributed by atoms with van der Waals surface area (Å²) in [4.78, 5) is 13.9. The van der Waals surface area contributed by atoms with E-state index in [-0.39, 0.29) is 12.5 Å². The number of carbonyl (C=O) groups excluding carboxylic acids is 1. The van der Waals surface area contributed by atoms with Crippen molar-refractivity contribution < 1.29 is 14.6 Å². The number of ether oxygens (including phenoxy) is 1. The minimum atomic E-state index is -0.106. The van der Waals surface area contributed by atoms with Crippen molar-refractivity contribution in [3.63, 3.8) is 0 Å². The van der Waals surface area contributed by atoms with Gasteiger partial charge in [-0.2, -0.15) is 0 Å². The fourth-order valence-corrected chi connectivity index (χ4v) is 2.02. The summed E-state index contributed by atoms with van der Waals surface area (Å²) in [6.07, 6.45) is 0. The minimum absolute atomic E-state index is 0.0419. The van der Waals surface area contributed by atoms with E-state index in [9.17, 15) is 4.79 Å². The third-order valence-electron chi connectivity index (χ3n) is 3.10. The Morgan fingerprint density at radius 1 is 1.10 bits per heavy atom. The lowest BCUT2D eigenvalue weighted by Crippen LogP contribution is -2.33. The molecule has 0 aliphatic rings. The quantitative estimate of drug-likeness (QED) is 0.887. The molecule has 0 fully saturated rings. The molecule has 0 atom stereocenters. The summed E-state index contributed by atoms with van der Waals surface area (Å²) in [6, 6.07) is 16.5. The van der Waals surface area contributed by atoms with E-state index in [2.05, 4.69) is 0 Å².